The zero-order valence-corrected chi connectivity index (χ0v) is 10.9. The number of carboxylic acid groups (broad SMARTS) is 1. The zero-order valence-electron chi connectivity index (χ0n) is 10.9. The highest BCUT2D eigenvalue weighted by Crippen LogP contribution is 2.32. The van der Waals surface area contributed by atoms with Crippen LogP contribution in [0.1, 0.15) is 49.1 Å². The molecule has 0 bridgehead atoms. The first-order valence-corrected chi connectivity index (χ1v) is 6.57. The van der Waals surface area contributed by atoms with Crippen LogP contribution in [-0.4, -0.2) is 33.4 Å². The number of rotatable bonds is 4. The van der Waals surface area contributed by atoms with Gasteiger partial charge < -0.3 is 9.84 Å². The maximum atomic E-state index is 11.8. The van der Waals surface area contributed by atoms with Crippen molar-refractivity contribution in [3.05, 3.63) is 18.0 Å². The van der Waals surface area contributed by atoms with Gasteiger partial charge in [-0.3, -0.25) is 9.48 Å². The smallest absolute Gasteiger partial charge is 0.356 e. The van der Waals surface area contributed by atoms with Crippen molar-refractivity contribution in [3.8, 4) is 0 Å². The molecule has 0 amide bonds. The van der Waals surface area contributed by atoms with Gasteiger partial charge in [0.2, 0.25) is 0 Å². The number of aromatic nitrogens is 2. The Labute approximate surface area is 111 Å². The molecule has 0 spiro atoms. The Kier molecular flexibility index (Phi) is 4.19. The van der Waals surface area contributed by atoms with Gasteiger partial charge in [-0.25, -0.2) is 4.79 Å². The zero-order chi connectivity index (χ0) is 13.8. The SMILES string of the molecule is CCOC(=O)c1ccnn1C1CCC(C(=O)O)CC1. The van der Waals surface area contributed by atoms with Gasteiger partial charge in [-0.1, -0.05) is 0 Å². The van der Waals surface area contributed by atoms with Crippen LogP contribution in [0.25, 0.3) is 0 Å². The Hall–Kier alpha value is -1.85. The lowest BCUT2D eigenvalue weighted by Gasteiger charge is -2.27. The summed E-state index contributed by atoms with van der Waals surface area (Å²) in [4.78, 5) is 22.7. The fourth-order valence-electron chi connectivity index (χ4n) is 2.54. The van der Waals surface area contributed by atoms with Gasteiger partial charge in [-0.15, -0.1) is 0 Å². The first kappa shape index (κ1) is 13.6. The number of carbonyl (C=O) groups excluding carboxylic acids is 1. The average Bonchev–Trinajstić information content (AvgIpc) is 2.88. The van der Waals surface area contributed by atoms with E-state index < -0.39 is 5.97 Å². The van der Waals surface area contributed by atoms with Gasteiger partial charge in [0.1, 0.15) is 5.69 Å². The maximum Gasteiger partial charge on any atom is 0.356 e. The van der Waals surface area contributed by atoms with Crippen LogP contribution >= 0.6 is 0 Å². The summed E-state index contributed by atoms with van der Waals surface area (Å²) in [6.45, 7) is 2.09. The summed E-state index contributed by atoms with van der Waals surface area (Å²) >= 11 is 0. The number of hydrogen-bond acceptors (Lipinski definition) is 4. The molecule has 1 aromatic heterocycles. The van der Waals surface area contributed by atoms with Crippen LogP contribution < -0.4 is 0 Å². The van der Waals surface area contributed by atoms with E-state index >= 15 is 0 Å². The molecule has 0 aromatic carbocycles. The lowest BCUT2D eigenvalue weighted by molar-refractivity contribution is -0.143. The van der Waals surface area contributed by atoms with Crippen LogP contribution in [0.4, 0.5) is 0 Å². The van der Waals surface area contributed by atoms with Crippen LogP contribution in [0.3, 0.4) is 0 Å². The molecule has 1 aliphatic carbocycles. The second kappa shape index (κ2) is 5.86. The normalized spacial score (nSPS) is 23.0. The summed E-state index contributed by atoms with van der Waals surface area (Å²) in [5, 5.41) is 13.2. The van der Waals surface area contributed by atoms with E-state index in [1.165, 1.54) is 0 Å². The standard InChI is InChI=1S/C13H18N2O4/c1-2-19-13(18)11-7-8-14-15(11)10-5-3-9(4-6-10)12(16)17/h7-10H,2-6H2,1H3,(H,16,17). The summed E-state index contributed by atoms with van der Waals surface area (Å²) in [6.07, 6.45) is 4.29. The number of carboxylic acids is 1. The third-order valence-corrected chi connectivity index (χ3v) is 3.55. The van der Waals surface area contributed by atoms with Gasteiger partial charge in [0.25, 0.3) is 0 Å². The molecule has 1 fully saturated rings. The Balaban J connectivity index is 2.06. The number of nitrogens with zero attached hydrogens (tertiary/aromatic N) is 2. The first-order chi connectivity index (χ1) is 9.13. The molecule has 19 heavy (non-hydrogen) atoms. The summed E-state index contributed by atoms with van der Waals surface area (Å²) in [5.74, 6) is -1.37. The van der Waals surface area contributed by atoms with Gasteiger partial charge in [0, 0.05) is 6.20 Å². The molecule has 0 radical (unpaired) electrons. The summed E-state index contributed by atoms with van der Waals surface area (Å²) in [7, 11) is 0. The van der Waals surface area contributed by atoms with E-state index in [-0.39, 0.29) is 17.9 Å². The predicted molar refractivity (Wildman–Crippen MR) is 66.8 cm³/mol. The van der Waals surface area contributed by atoms with Crippen molar-refractivity contribution in [2.75, 3.05) is 6.61 Å². The van der Waals surface area contributed by atoms with Crippen molar-refractivity contribution >= 4 is 11.9 Å². The highest BCUT2D eigenvalue weighted by Gasteiger charge is 2.29. The van der Waals surface area contributed by atoms with Crippen LogP contribution in [0, 0.1) is 5.92 Å². The lowest BCUT2D eigenvalue weighted by atomic mass is 9.86. The summed E-state index contributed by atoms with van der Waals surface area (Å²) in [6, 6.07) is 1.73. The second-order valence-electron chi connectivity index (χ2n) is 4.73. The van der Waals surface area contributed by atoms with Crippen LogP contribution in [0.15, 0.2) is 12.3 Å². The average molecular weight is 266 g/mol. The number of esters is 1. The maximum absolute atomic E-state index is 11.8. The molecule has 0 saturated heterocycles. The van der Waals surface area contributed by atoms with Crippen LogP contribution in [0.2, 0.25) is 0 Å². The molecule has 1 aliphatic rings. The minimum atomic E-state index is -0.732. The molecule has 0 aliphatic heterocycles. The van der Waals surface area contributed by atoms with Gasteiger partial charge in [0.05, 0.1) is 18.6 Å². The number of carbonyl (C=O) groups is 2. The van der Waals surface area contributed by atoms with E-state index in [4.69, 9.17) is 9.84 Å². The van der Waals surface area contributed by atoms with Crippen molar-refractivity contribution < 1.29 is 19.4 Å². The molecule has 1 aromatic rings. The molecule has 6 heteroatoms. The third kappa shape index (κ3) is 2.94. The molecular weight excluding hydrogens is 248 g/mol. The van der Waals surface area contributed by atoms with Gasteiger partial charge in [0.15, 0.2) is 0 Å². The Bertz CT molecular complexity index is 461. The van der Waals surface area contributed by atoms with Crippen molar-refractivity contribution in [2.45, 2.75) is 38.6 Å². The van der Waals surface area contributed by atoms with Gasteiger partial charge in [-0.05, 0) is 38.7 Å². The van der Waals surface area contributed by atoms with Crippen molar-refractivity contribution in [1.82, 2.24) is 9.78 Å². The summed E-state index contributed by atoms with van der Waals surface area (Å²) < 4.78 is 6.66. The predicted octanol–water partition coefficient (Wildman–Crippen LogP) is 1.88. The highest BCUT2D eigenvalue weighted by molar-refractivity contribution is 5.87. The fraction of sp³-hybridized carbons (Fsp3) is 0.615. The molecule has 1 N–H and O–H groups in total. The van der Waals surface area contributed by atoms with E-state index in [2.05, 4.69) is 5.10 Å². The van der Waals surface area contributed by atoms with Crippen LogP contribution in [-0.2, 0) is 9.53 Å². The van der Waals surface area contributed by atoms with Gasteiger partial charge in [-0.2, -0.15) is 5.10 Å². The van der Waals surface area contributed by atoms with Gasteiger partial charge >= 0.3 is 11.9 Å². The quantitative estimate of drug-likeness (QED) is 0.841. The van der Waals surface area contributed by atoms with Crippen molar-refractivity contribution in [1.29, 1.82) is 0 Å². The molecule has 1 heterocycles. The number of hydrogen-bond donors (Lipinski definition) is 1. The molecular formula is C13H18N2O4. The first-order valence-electron chi connectivity index (χ1n) is 6.57. The molecule has 0 atom stereocenters. The fourth-order valence-corrected chi connectivity index (χ4v) is 2.54. The van der Waals surface area contributed by atoms with E-state index in [0.717, 1.165) is 12.8 Å². The van der Waals surface area contributed by atoms with E-state index in [1.54, 1.807) is 23.9 Å². The Morgan fingerprint density at radius 2 is 2.11 bits per heavy atom. The Morgan fingerprint density at radius 3 is 2.68 bits per heavy atom. The Morgan fingerprint density at radius 1 is 1.42 bits per heavy atom. The van der Waals surface area contributed by atoms with Crippen molar-refractivity contribution in [2.24, 2.45) is 5.92 Å². The molecule has 0 unspecified atom stereocenters. The molecule has 2 rings (SSSR count). The second-order valence-corrected chi connectivity index (χ2v) is 4.73. The third-order valence-electron chi connectivity index (χ3n) is 3.55. The van der Waals surface area contributed by atoms with E-state index in [1.807, 2.05) is 0 Å². The topological polar surface area (TPSA) is 81.4 Å². The van der Waals surface area contributed by atoms with E-state index in [0.29, 0.717) is 25.1 Å². The summed E-state index contributed by atoms with van der Waals surface area (Å²) in [5.41, 5.74) is 0.445. The minimum absolute atomic E-state index is 0.0880. The number of ether oxygens (including phenoxy) is 1. The monoisotopic (exact) mass is 266 g/mol. The molecule has 6 nitrogen and oxygen atoms in total. The van der Waals surface area contributed by atoms with Crippen molar-refractivity contribution in [3.63, 3.8) is 0 Å². The largest absolute Gasteiger partial charge is 0.481 e. The van der Waals surface area contributed by atoms with E-state index in [9.17, 15) is 9.59 Å². The highest BCUT2D eigenvalue weighted by atomic mass is 16.5. The molecule has 104 valence electrons. The number of aliphatic carboxylic acids is 1. The minimum Gasteiger partial charge on any atom is -0.481 e. The molecule has 1 saturated carbocycles. The lowest BCUT2D eigenvalue weighted by Crippen LogP contribution is -2.26. The van der Waals surface area contributed by atoms with Crippen LogP contribution in [0.5, 0.6) is 0 Å².